The maximum absolute atomic E-state index is 13.5. The van der Waals surface area contributed by atoms with Crippen LogP contribution in [0.4, 0.5) is 19.0 Å². The summed E-state index contributed by atoms with van der Waals surface area (Å²) in [5, 5.41) is 4.63. The first-order valence-electron chi connectivity index (χ1n) is 13.6. The standard InChI is InChI=1S/C30H32F3N5O2/c1-20(2)18-24-34-28(26-27(36-40-29(26)35-24)22-10-6-11-23(19-22)30(31,32)33)38-15-7-14-37(16-17-38)25(39)13-12-21-8-4-3-5-9-21/h3-6,8-11,19-20H,7,12-18H2,1-2H3. The van der Waals surface area contributed by atoms with E-state index in [-0.39, 0.29) is 28.8 Å². The van der Waals surface area contributed by atoms with Crippen molar-refractivity contribution in [3.63, 3.8) is 0 Å². The third-order valence-electron chi connectivity index (χ3n) is 7.04. The van der Waals surface area contributed by atoms with Crippen molar-refractivity contribution in [1.29, 1.82) is 0 Å². The molecular formula is C30H32F3N5O2. The Bertz CT molecular complexity index is 1470. The van der Waals surface area contributed by atoms with E-state index in [0.29, 0.717) is 62.5 Å². The van der Waals surface area contributed by atoms with Crippen LogP contribution in [0.15, 0.2) is 59.1 Å². The van der Waals surface area contributed by atoms with E-state index in [2.05, 4.69) is 28.9 Å². The predicted molar refractivity (Wildman–Crippen MR) is 147 cm³/mol. The molecule has 1 aliphatic rings. The number of fused-ring (bicyclic) bond motifs is 1. The van der Waals surface area contributed by atoms with E-state index in [1.165, 1.54) is 6.07 Å². The van der Waals surface area contributed by atoms with E-state index in [4.69, 9.17) is 9.51 Å². The first kappa shape index (κ1) is 27.6. The Morgan fingerprint density at radius 2 is 1.80 bits per heavy atom. The van der Waals surface area contributed by atoms with Gasteiger partial charge >= 0.3 is 6.18 Å². The van der Waals surface area contributed by atoms with Crippen LogP contribution in [0.2, 0.25) is 0 Å². The summed E-state index contributed by atoms with van der Waals surface area (Å²) in [6.45, 7) is 6.42. The summed E-state index contributed by atoms with van der Waals surface area (Å²) in [6, 6.07) is 15.0. The molecule has 2 aromatic heterocycles. The van der Waals surface area contributed by atoms with E-state index >= 15 is 0 Å². The number of amides is 1. The summed E-state index contributed by atoms with van der Waals surface area (Å²) in [5.74, 6) is 1.56. The van der Waals surface area contributed by atoms with Gasteiger partial charge in [0.25, 0.3) is 5.71 Å². The van der Waals surface area contributed by atoms with Crippen molar-refractivity contribution in [3.8, 4) is 11.3 Å². The molecule has 1 saturated heterocycles. The Balaban J connectivity index is 1.44. The molecule has 0 N–H and O–H groups in total. The molecule has 0 atom stereocenters. The minimum Gasteiger partial charge on any atom is -0.354 e. The van der Waals surface area contributed by atoms with Gasteiger partial charge in [-0.1, -0.05) is 61.5 Å². The second-order valence-corrected chi connectivity index (χ2v) is 10.6. The van der Waals surface area contributed by atoms with Crippen LogP contribution in [0.1, 0.15) is 43.6 Å². The zero-order valence-corrected chi connectivity index (χ0v) is 22.6. The van der Waals surface area contributed by atoms with E-state index in [1.54, 1.807) is 6.07 Å². The summed E-state index contributed by atoms with van der Waals surface area (Å²) in [7, 11) is 0. The molecule has 0 aliphatic carbocycles. The smallest absolute Gasteiger partial charge is 0.354 e. The van der Waals surface area contributed by atoms with Crippen LogP contribution in [-0.4, -0.2) is 52.1 Å². The van der Waals surface area contributed by atoms with Gasteiger partial charge in [0.05, 0.1) is 5.56 Å². The molecule has 5 rings (SSSR count). The maximum Gasteiger partial charge on any atom is 0.416 e. The molecule has 10 heteroatoms. The lowest BCUT2D eigenvalue weighted by Gasteiger charge is -2.24. The minimum absolute atomic E-state index is 0.105. The number of carbonyl (C=O) groups is 1. The van der Waals surface area contributed by atoms with Gasteiger partial charge in [0, 0.05) is 44.6 Å². The van der Waals surface area contributed by atoms with Gasteiger partial charge in [-0.05, 0) is 36.5 Å². The van der Waals surface area contributed by atoms with Crippen molar-refractivity contribution < 1.29 is 22.5 Å². The van der Waals surface area contributed by atoms with Gasteiger partial charge in [-0.25, -0.2) is 4.98 Å². The molecule has 0 saturated carbocycles. The van der Waals surface area contributed by atoms with Gasteiger partial charge in [0.15, 0.2) is 0 Å². The van der Waals surface area contributed by atoms with Gasteiger partial charge in [-0.2, -0.15) is 18.2 Å². The highest BCUT2D eigenvalue weighted by Gasteiger charge is 2.32. The molecular weight excluding hydrogens is 519 g/mol. The fraction of sp³-hybridized carbons (Fsp3) is 0.400. The highest BCUT2D eigenvalue weighted by molar-refractivity contribution is 5.98. The lowest BCUT2D eigenvalue weighted by Crippen LogP contribution is -2.35. The molecule has 210 valence electrons. The SMILES string of the molecule is CC(C)Cc1nc(N2CCCN(C(=O)CCc3ccccc3)CC2)c2c(-c3cccc(C(F)(F)F)c3)noc2n1. The molecule has 40 heavy (non-hydrogen) atoms. The number of anilines is 1. The quantitative estimate of drug-likeness (QED) is 0.273. The highest BCUT2D eigenvalue weighted by Crippen LogP contribution is 2.37. The van der Waals surface area contributed by atoms with Gasteiger partial charge in [0.1, 0.15) is 22.7 Å². The van der Waals surface area contributed by atoms with Crippen LogP contribution in [-0.2, 0) is 23.8 Å². The molecule has 1 amide bonds. The summed E-state index contributed by atoms with van der Waals surface area (Å²) >= 11 is 0. The molecule has 3 heterocycles. The molecule has 0 radical (unpaired) electrons. The number of alkyl halides is 3. The van der Waals surface area contributed by atoms with Crippen molar-refractivity contribution in [1.82, 2.24) is 20.0 Å². The monoisotopic (exact) mass is 551 g/mol. The van der Waals surface area contributed by atoms with Crippen LogP contribution in [0, 0.1) is 5.92 Å². The van der Waals surface area contributed by atoms with Crippen LogP contribution in [0.5, 0.6) is 0 Å². The molecule has 4 aromatic rings. The number of carbonyl (C=O) groups excluding carboxylic acids is 1. The number of aromatic nitrogens is 3. The largest absolute Gasteiger partial charge is 0.416 e. The predicted octanol–water partition coefficient (Wildman–Crippen LogP) is 6.17. The Morgan fingerprint density at radius 3 is 2.55 bits per heavy atom. The van der Waals surface area contributed by atoms with Gasteiger partial charge in [-0.3, -0.25) is 4.79 Å². The number of hydrogen-bond donors (Lipinski definition) is 0. The first-order chi connectivity index (χ1) is 19.2. The van der Waals surface area contributed by atoms with Gasteiger partial charge in [-0.15, -0.1) is 0 Å². The fourth-order valence-corrected chi connectivity index (χ4v) is 5.04. The number of rotatable bonds is 7. The molecule has 1 aliphatic heterocycles. The third-order valence-corrected chi connectivity index (χ3v) is 7.04. The molecule has 0 spiro atoms. The molecule has 2 aromatic carbocycles. The molecule has 7 nitrogen and oxygen atoms in total. The zero-order chi connectivity index (χ0) is 28.3. The Labute approximate surface area is 231 Å². The number of halogens is 3. The highest BCUT2D eigenvalue weighted by atomic mass is 19.4. The average molecular weight is 552 g/mol. The van der Waals surface area contributed by atoms with Crippen molar-refractivity contribution in [3.05, 3.63) is 71.5 Å². The van der Waals surface area contributed by atoms with Crippen LogP contribution < -0.4 is 4.90 Å². The lowest BCUT2D eigenvalue weighted by molar-refractivity contribution is -0.137. The van der Waals surface area contributed by atoms with Crippen molar-refractivity contribution in [2.24, 2.45) is 5.92 Å². The molecule has 0 bridgehead atoms. The van der Waals surface area contributed by atoms with Crippen LogP contribution in [0.3, 0.4) is 0 Å². The van der Waals surface area contributed by atoms with Crippen molar-refractivity contribution in [2.75, 3.05) is 31.1 Å². The van der Waals surface area contributed by atoms with Gasteiger partial charge < -0.3 is 14.3 Å². The average Bonchev–Trinajstić information content (AvgIpc) is 3.20. The van der Waals surface area contributed by atoms with E-state index in [0.717, 1.165) is 24.1 Å². The molecule has 0 unspecified atom stereocenters. The Kier molecular flexibility index (Phi) is 8.04. The van der Waals surface area contributed by atoms with Crippen LogP contribution >= 0.6 is 0 Å². The lowest BCUT2D eigenvalue weighted by atomic mass is 10.1. The topological polar surface area (TPSA) is 75.4 Å². The fourth-order valence-electron chi connectivity index (χ4n) is 5.04. The summed E-state index contributed by atoms with van der Waals surface area (Å²) < 4.78 is 45.9. The second kappa shape index (κ2) is 11.7. The second-order valence-electron chi connectivity index (χ2n) is 10.6. The summed E-state index contributed by atoms with van der Waals surface area (Å²) in [4.78, 5) is 26.4. The Hall–Kier alpha value is -3.95. The van der Waals surface area contributed by atoms with Gasteiger partial charge in [0.2, 0.25) is 5.91 Å². The summed E-state index contributed by atoms with van der Waals surface area (Å²) in [5.41, 5.74) is 1.16. The first-order valence-corrected chi connectivity index (χ1v) is 13.6. The van der Waals surface area contributed by atoms with Crippen molar-refractivity contribution >= 4 is 22.8 Å². The maximum atomic E-state index is 13.5. The number of benzene rings is 2. The summed E-state index contributed by atoms with van der Waals surface area (Å²) in [6.07, 6.45) is -2.02. The normalized spacial score (nSPS) is 14.7. The Morgan fingerprint density at radius 1 is 1.00 bits per heavy atom. The van der Waals surface area contributed by atoms with E-state index in [1.807, 2.05) is 35.2 Å². The van der Waals surface area contributed by atoms with E-state index < -0.39 is 11.7 Å². The van der Waals surface area contributed by atoms with Crippen molar-refractivity contribution in [2.45, 2.75) is 45.7 Å². The minimum atomic E-state index is -4.49. The molecule has 1 fully saturated rings. The number of nitrogens with zero attached hydrogens (tertiary/aromatic N) is 5. The van der Waals surface area contributed by atoms with Crippen LogP contribution in [0.25, 0.3) is 22.4 Å². The third kappa shape index (κ3) is 6.26. The number of hydrogen-bond acceptors (Lipinski definition) is 6. The number of aryl methyl sites for hydroxylation is 1. The zero-order valence-electron chi connectivity index (χ0n) is 22.6. The van der Waals surface area contributed by atoms with E-state index in [9.17, 15) is 18.0 Å².